The molecule has 0 aliphatic rings. The maximum Gasteiger partial charge on any atom is 0.178 e. The summed E-state index contributed by atoms with van der Waals surface area (Å²) in [5, 5.41) is 7.89. The summed E-state index contributed by atoms with van der Waals surface area (Å²) >= 11 is 0. The van der Waals surface area contributed by atoms with Gasteiger partial charge in [0.25, 0.3) is 0 Å². The molecular weight excluding hydrogens is 102 g/mol. The molecule has 2 nitrogen and oxygen atoms in total. The van der Waals surface area contributed by atoms with E-state index in [4.69, 9.17) is 5.26 Å². The van der Waals surface area contributed by atoms with Crippen LogP contribution in [-0.4, -0.2) is 5.78 Å². The minimum Gasteiger partial charge on any atom is -0.290 e. The molecule has 40 valence electrons. The summed E-state index contributed by atoms with van der Waals surface area (Å²) in [5.74, 6) is -0.244. The van der Waals surface area contributed by atoms with Crippen LogP contribution in [0, 0.1) is 11.3 Å². The number of nitrogens with zero attached hydrogens (tertiary/aromatic N) is 1. The Balaban J connectivity index is 3.75. The van der Waals surface area contributed by atoms with Crippen molar-refractivity contribution >= 4 is 5.78 Å². The second kappa shape index (κ2) is 3.82. The fraction of sp³-hybridized carbons (Fsp3) is 0. The van der Waals surface area contributed by atoms with Gasteiger partial charge in [0, 0.05) is 6.08 Å². The second-order valence-corrected chi connectivity index (χ2v) is 1.07. The normalized spacial score (nSPS) is 8.38. The van der Waals surface area contributed by atoms with E-state index in [1.54, 1.807) is 6.07 Å². The lowest BCUT2D eigenvalue weighted by atomic mass is 10.3. The molecule has 0 atom stereocenters. The number of carbonyl (C=O) groups is 1. The van der Waals surface area contributed by atoms with Gasteiger partial charge in [0.05, 0.1) is 6.07 Å². The Morgan fingerprint density at radius 1 is 1.75 bits per heavy atom. The first-order chi connectivity index (χ1) is 3.81. The smallest absolute Gasteiger partial charge is 0.178 e. The average molecular weight is 107 g/mol. The molecule has 0 amide bonds. The van der Waals surface area contributed by atoms with Gasteiger partial charge in [0.15, 0.2) is 5.78 Å². The molecule has 0 rings (SSSR count). The van der Waals surface area contributed by atoms with E-state index >= 15 is 0 Å². The largest absolute Gasteiger partial charge is 0.290 e. The lowest BCUT2D eigenvalue weighted by molar-refractivity contribution is -0.110. The quantitative estimate of drug-likeness (QED) is 0.387. The van der Waals surface area contributed by atoms with Gasteiger partial charge in [-0.05, 0) is 12.2 Å². The molecule has 0 aliphatic heterocycles. The highest BCUT2D eigenvalue weighted by Crippen LogP contribution is 1.74. The highest BCUT2D eigenvalue weighted by atomic mass is 16.1. The first-order valence-electron chi connectivity index (χ1n) is 2.04. The zero-order valence-corrected chi connectivity index (χ0v) is 4.29. The van der Waals surface area contributed by atoms with Gasteiger partial charge in [0.1, 0.15) is 0 Å². The van der Waals surface area contributed by atoms with E-state index in [-0.39, 0.29) is 5.78 Å². The van der Waals surface area contributed by atoms with Gasteiger partial charge in [-0.2, -0.15) is 5.26 Å². The first kappa shape index (κ1) is 6.64. The van der Waals surface area contributed by atoms with E-state index < -0.39 is 0 Å². The van der Waals surface area contributed by atoms with Crippen LogP contribution in [0.1, 0.15) is 0 Å². The number of ketones is 1. The summed E-state index contributed by atoms with van der Waals surface area (Å²) in [7, 11) is 0. The van der Waals surface area contributed by atoms with Crippen LogP contribution >= 0.6 is 0 Å². The lowest BCUT2D eigenvalue weighted by Crippen LogP contribution is -1.80. The Morgan fingerprint density at radius 3 is 2.75 bits per heavy atom. The molecule has 2 heteroatoms. The van der Waals surface area contributed by atoms with Crippen molar-refractivity contribution in [2.45, 2.75) is 0 Å². The van der Waals surface area contributed by atoms with Crippen molar-refractivity contribution in [3.63, 3.8) is 0 Å². The van der Waals surface area contributed by atoms with Gasteiger partial charge in [-0.15, -0.1) is 0 Å². The summed E-state index contributed by atoms with van der Waals surface area (Å²) in [4.78, 5) is 10.2. The SMILES string of the molecule is C=CC(=O)C=CC#N. The summed E-state index contributed by atoms with van der Waals surface area (Å²) in [6.07, 6.45) is 3.42. The molecule has 0 saturated carbocycles. The van der Waals surface area contributed by atoms with Crippen molar-refractivity contribution < 1.29 is 4.79 Å². The Kier molecular flexibility index (Phi) is 3.17. The molecule has 0 saturated heterocycles. The Hall–Kier alpha value is -1.36. The molecule has 0 radical (unpaired) electrons. The van der Waals surface area contributed by atoms with Crippen molar-refractivity contribution in [2.75, 3.05) is 0 Å². The molecule has 0 aromatic heterocycles. The number of rotatable bonds is 2. The molecule has 0 aromatic rings. The zero-order chi connectivity index (χ0) is 6.41. The third-order valence-electron chi connectivity index (χ3n) is 0.523. The van der Waals surface area contributed by atoms with Gasteiger partial charge >= 0.3 is 0 Å². The van der Waals surface area contributed by atoms with Crippen molar-refractivity contribution in [3.8, 4) is 6.07 Å². The summed E-state index contributed by atoms with van der Waals surface area (Å²) in [6.45, 7) is 3.20. The summed E-state index contributed by atoms with van der Waals surface area (Å²) in [6, 6.07) is 1.68. The molecule has 0 fully saturated rings. The number of hydrogen-bond acceptors (Lipinski definition) is 2. The van der Waals surface area contributed by atoms with Crippen LogP contribution in [0.5, 0.6) is 0 Å². The van der Waals surface area contributed by atoms with Crippen LogP contribution in [0.4, 0.5) is 0 Å². The molecule has 0 aromatic carbocycles. The van der Waals surface area contributed by atoms with E-state index in [0.717, 1.165) is 18.2 Å². The van der Waals surface area contributed by atoms with Crippen LogP contribution in [0.3, 0.4) is 0 Å². The van der Waals surface area contributed by atoms with Gasteiger partial charge in [-0.3, -0.25) is 4.79 Å². The van der Waals surface area contributed by atoms with E-state index in [1.165, 1.54) is 0 Å². The summed E-state index contributed by atoms with van der Waals surface area (Å²) in [5.41, 5.74) is 0. The monoisotopic (exact) mass is 107 g/mol. The standard InChI is InChI=1S/C6H5NO/c1-2-6(8)4-3-5-7/h2-4H,1H2. The predicted molar refractivity (Wildman–Crippen MR) is 30.0 cm³/mol. The molecule has 0 spiro atoms. The Morgan fingerprint density at radius 2 is 2.38 bits per heavy atom. The highest BCUT2D eigenvalue weighted by molar-refractivity contribution is 5.98. The topological polar surface area (TPSA) is 40.9 Å². The van der Waals surface area contributed by atoms with Crippen molar-refractivity contribution in [1.29, 1.82) is 5.26 Å². The highest BCUT2D eigenvalue weighted by Gasteiger charge is 1.80. The molecule has 0 N–H and O–H groups in total. The molecule has 0 aliphatic carbocycles. The van der Waals surface area contributed by atoms with Gasteiger partial charge in [-0.25, -0.2) is 0 Å². The fourth-order valence-electron chi connectivity index (χ4n) is 0.187. The number of carbonyl (C=O) groups excluding carboxylic acids is 1. The first-order valence-corrected chi connectivity index (χ1v) is 2.04. The van der Waals surface area contributed by atoms with Crippen LogP contribution in [0.2, 0.25) is 0 Å². The minimum atomic E-state index is -0.244. The molecule has 0 heterocycles. The average Bonchev–Trinajstić information content (AvgIpc) is 1.83. The van der Waals surface area contributed by atoms with E-state index in [0.29, 0.717) is 0 Å². The molecule has 0 bridgehead atoms. The second-order valence-electron chi connectivity index (χ2n) is 1.07. The summed E-state index contributed by atoms with van der Waals surface area (Å²) < 4.78 is 0. The van der Waals surface area contributed by atoms with Gasteiger partial charge in [-0.1, -0.05) is 6.58 Å². The Labute approximate surface area is 47.7 Å². The van der Waals surface area contributed by atoms with Crippen molar-refractivity contribution in [3.05, 3.63) is 24.8 Å². The fourth-order valence-corrected chi connectivity index (χ4v) is 0.187. The van der Waals surface area contributed by atoms with E-state index in [9.17, 15) is 4.79 Å². The van der Waals surface area contributed by atoms with Crippen LogP contribution < -0.4 is 0 Å². The predicted octanol–water partition coefficient (Wildman–Crippen LogP) is 0.821. The number of allylic oxidation sites excluding steroid dienone is 3. The third kappa shape index (κ3) is 2.86. The third-order valence-corrected chi connectivity index (χ3v) is 0.523. The maximum absolute atomic E-state index is 10.2. The van der Waals surface area contributed by atoms with E-state index in [1.807, 2.05) is 0 Å². The van der Waals surface area contributed by atoms with Crippen molar-refractivity contribution in [2.24, 2.45) is 0 Å². The zero-order valence-electron chi connectivity index (χ0n) is 4.29. The molecule has 0 unspecified atom stereocenters. The minimum absolute atomic E-state index is 0.244. The van der Waals surface area contributed by atoms with Gasteiger partial charge < -0.3 is 0 Å². The number of hydrogen-bond donors (Lipinski definition) is 0. The maximum atomic E-state index is 10.2. The van der Waals surface area contributed by atoms with Crippen LogP contribution in [0.25, 0.3) is 0 Å². The number of nitriles is 1. The van der Waals surface area contributed by atoms with Crippen molar-refractivity contribution in [1.82, 2.24) is 0 Å². The van der Waals surface area contributed by atoms with Crippen LogP contribution in [0.15, 0.2) is 24.8 Å². The molecule has 8 heavy (non-hydrogen) atoms. The van der Waals surface area contributed by atoms with Gasteiger partial charge in [0.2, 0.25) is 0 Å². The van der Waals surface area contributed by atoms with E-state index in [2.05, 4.69) is 6.58 Å². The Bertz CT molecular complexity index is 162. The molecular formula is C6H5NO. The van der Waals surface area contributed by atoms with Crippen LogP contribution in [-0.2, 0) is 4.79 Å². The lowest BCUT2D eigenvalue weighted by Gasteiger charge is -1.71.